The highest BCUT2D eigenvalue weighted by molar-refractivity contribution is 6.05. The van der Waals surface area contributed by atoms with Crippen molar-refractivity contribution in [3.05, 3.63) is 95.1 Å². The molecule has 1 heterocycles. The second-order valence-corrected chi connectivity index (χ2v) is 8.09. The van der Waals surface area contributed by atoms with Gasteiger partial charge in [0, 0.05) is 13.5 Å². The molecule has 1 aliphatic rings. The molecule has 0 bridgehead atoms. The summed E-state index contributed by atoms with van der Waals surface area (Å²) in [5.74, 6) is -0.754. The van der Waals surface area contributed by atoms with Crippen LogP contribution in [0.3, 0.4) is 0 Å². The monoisotopic (exact) mass is 468 g/mol. The Bertz CT molecular complexity index is 1210. The van der Waals surface area contributed by atoms with Crippen LogP contribution >= 0.6 is 0 Å². The van der Waals surface area contributed by atoms with E-state index in [4.69, 9.17) is 4.74 Å². The highest BCUT2D eigenvalue weighted by Crippen LogP contribution is 2.39. The number of benzene rings is 3. The number of alkyl halides is 3. The number of carbonyl (C=O) groups excluding carboxylic acids is 2. The van der Waals surface area contributed by atoms with Crippen molar-refractivity contribution in [2.75, 3.05) is 24.0 Å². The highest BCUT2D eigenvalue weighted by atomic mass is 19.4. The van der Waals surface area contributed by atoms with Gasteiger partial charge in [-0.1, -0.05) is 42.5 Å². The first kappa shape index (κ1) is 23.4. The van der Waals surface area contributed by atoms with E-state index in [1.54, 1.807) is 43.4 Å². The lowest BCUT2D eigenvalue weighted by atomic mass is 9.97. The standard InChI is InChI=1S/C26H23F3N2O3/c1-30-21-9-5-6-10-22(21)31(16-19-7-3-4-8-20(19)26(27,28)29)24(32)23(30)15-17-11-13-18(14-12-17)25(33)34-2/h3-14,23H,15-16H2,1-2H3. The molecule has 1 unspecified atom stereocenters. The van der Waals surface area contributed by atoms with E-state index in [1.807, 2.05) is 17.0 Å². The number of hydrogen-bond donors (Lipinski definition) is 0. The van der Waals surface area contributed by atoms with Crippen molar-refractivity contribution >= 4 is 23.3 Å². The summed E-state index contributed by atoms with van der Waals surface area (Å²) in [6.07, 6.45) is -4.20. The van der Waals surface area contributed by atoms with Crippen molar-refractivity contribution in [3.8, 4) is 0 Å². The summed E-state index contributed by atoms with van der Waals surface area (Å²) < 4.78 is 45.5. The van der Waals surface area contributed by atoms with Gasteiger partial charge in [-0.3, -0.25) is 4.79 Å². The number of hydrogen-bond acceptors (Lipinski definition) is 4. The lowest BCUT2D eigenvalue weighted by Gasteiger charge is -2.41. The first-order valence-electron chi connectivity index (χ1n) is 10.7. The summed E-state index contributed by atoms with van der Waals surface area (Å²) in [6, 6.07) is 18.6. The number of anilines is 2. The highest BCUT2D eigenvalue weighted by Gasteiger charge is 2.38. The van der Waals surface area contributed by atoms with Crippen LogP contribution in [0.1, 0.15) is 27.0 Å². The number of likely N-dealkylation sites (N-methyl/N-ethyl adjacent to an activating group) is 1. The number of nitrogens with zero attached hydrogens (tertiary/aromatic N) is 2. The third-order valence-electron chi connectivity index (χ3n) is 6.03. The molecule has 0 aliphatic carbocycles. The normalized spacial score (nSPS) is 15.8. The molecule has 3 aromatic rings. The van der Waals surface area contributed by atoms with Crippen LogP contribution < -0.4 is 9.80 Å². The van der Waals surface area contributed by atoms with Crippen LogP contribution in [0.5, 0.6) is 0 Å². The Labute approximate surface area is 195 Å². The van der Waals surface area contributed by atoms with Crippen LogP contribution in [0.15, 0.2) is 72.8 Å². The number of methoxy groups -OCH3 is 1. The largest absolute Gasteiger partial charge is 0.465 e. The molecule has 176 valence electrons. The maximum absolute atomic E-state index is 13.6. The molecule has 0 N–H and O–H groups in total. The fourth-order valence-corrected chi connectivity index (χ4v) is 4.23. The number of carbonyl (C=O) groups is 2. The van der Waals surface area contributed by atoms with Crippen LogP contribution in [-0.2, 0) is 28.7 Å². The van der Waals surface area contributed by atoms with E-state index in [2.05, 4.69) is 0 Å². The van der Waals surface area contributed by atoms with Crippen LogP contribution in [0, 0.1) is 0 Å². The quantitative estimate of drug-likeness (QED) is 0.490. The van der Waals surface area contributed by atoms with Crippen molar-refractivity contribution in [1.29, 1.82) is 0 Å². The molecule has 4 rings (SSSR count). The van der Waals surface area contributed by atoms with Gasteiger partial charge in [0.15, 0.2) is 0 Å². The fourth-order valence-electron chi connectivity index (χ4n) is 4.23. The van der Waals surface area contributed by atoms with Crippen LogP contribution in [0.2, 0.25) is 0 Å². The number of fused-ring (bicyclic) bond motifs is 1. The smallest absolute Gasteiger partial charge is 0.416 e. The second-order valence-electron chi connectivity index (χ2n) is 8.09. The molecule has 3 aromatic carbocycles. The Balaban J connectivity index is 1.68. The van der Waals surface area contributed by atoms with Gasteiger partial charge in [-0.05, 0) is 41.5 Å². The van der Waals surface area contributed by atoms with E-state index < -0.39 is 23.8 Å². The minimum absolute atomic E-state index is 0.0314. The molecule has 1 amide bonds. The third kappa shape index (κ3) is 4.48. The van der Waals surface area contributed by atoms with Gasteiger partial charge < -0.3 is 14.5 Å². The van der Waals surface area contributed by atoms with Crippen molar-refractivity contribution < 1.29 is 27.5 Å². The van der Waals surface area contributed by atoms with E-state index in [0.717, 1.165) is 17.3 Å². The molecule has 34 heavy (non-hydrogen) atoms. The summed E-state index contributed by atoms with van der Waals surface area (Å²) in [5.41, 5.74) is 1.79. The lowest BCUT2D eigenvalue weighted by Crippen LogP contribution is -2.52. The van der Waals surface area contributed by atoms with Gasteiger partial charge in [-0.25, -0.2) is 4.79 Å². The van der Waals surface area contributed by atoms with Gasteiger partial charge in [0.05, 0.1) is 36.2 Å². The summed E-state index contributed by atoms with van der Waals surface area (Å²) >= 11 is 0. The molecule has 0 aromatic heterocycles. The zero-order valence-corrected chi connectivity index (χ0v) is 18.7. The van der Waals surface area contributed by atoms with Gasteiger partial charge in [0.2, 0.25) is 5.91 Å². The number of esters is 1. The number of para-hydroxylation sites is 2. The maximum Gasteiger partial charge on any atom is 0.416 e. The van der Waals surface area contributed by atoms with E-state index in [1.165, 1.54) is 30.2 Å². The molecule has 5 nitrogen and oxygen atoms in total. The van der Waals surface area contributed by atoms with E-state index >= 15 is 0 Å². The molecule has 0 saturated carbocycles. The SMILES string of the molecule is COC(=O)c1ccc(CC2C(=O)N(Cc3ccccc3C(F)(F)F)c3ccccc3N2C)cc1. The van der Waals surface area contributed by atoms with E-state index in [0.29, 0.717) is 17.7 Å². The van der Waals surface area contributed by atoms with Crippen molar-refractivity contribution in [1.82, 2.24) is 0 Å². The number of amides is 1. The third-order valence-corrected chi connectivity index (χ3v) is 6.03. The Morgan fingerprint density at radius 3 is 2.21 bits per heavy atom. The lowest BCUT2D eigenvalue weighted by molar-refractivity contribution is -0.138. The molecule has 0 spiro atoms. The predicted octanol–water partition coefficient (Wildman–Crippen LogP) is 5.09. The minimum Gasteiger partial charge on any atom is -0.465 e. The van der Waals surface area contributed by atoms with Crippen molar-refractivity contribution in [3.63, 3.8) is 0 Å². The molecule has 1 aliphatic heterocycles. The van der Waals surface area contributed by atoms with Gasteiger partial charge in [0.25, 0.3) is 0 Å². The Kier molecular flexibility index (Phi) is 6.32. The first-order valence-corrected chi connectivity index (χ1v) is 10.7. The molecular weight excluding hydrogens is 445 g/mol. The van der Waals surface area contributed by atoms with Gasteiger partial charge >= 0.3 is 12.1 Å². The first-order chi connectivity index (χ1) is 16.2. The van der Waals surface area contributed by atoms with Crippen LogP contribution in [-0.4, -0.2) is 32.1 Å². The summed E-state index contributed by atoms with van der Waals surface area (Å²) in [6.45, 7) is -0.197. The number of halogens is 3. The van der Waals surface area contributed by atoms with E-state index in [-0.39, 0.29) is 18.0 Å². The average molecular weight is 468 g/mol. The van der Waals surface area contributed by atoms with Crippen molar-refractivity contribution in [2.45, 2.75) is 25.2 Å². The topological polar surface area (TPSA) is 49.9 Å². The van der Waals surface area contributed by atoms with Gasteiger partial charge in [0.1, 0.15) is 6.04 Å². The fraction of sp³-hybridized carbons (Fsp3) is 0.231. The Morgan fingerprint density at radius 2 is 1.56 bits per heavy atom. The zero-order valence-electron chi connectivity index (χ0n) is 18.7. The summed E-state index contributed by atoms with van der Waals surface area (Å²) in [5, 5.41) is 0. The molecule has 0 fully saturated rings. The minimum atomic E-state index is -4.52. The number of rotatable bonds is 5. The Hall–Kier alpha value is -3.81. The van der Waals surface area contributed by atoms with Gasteiger partial charge in [-0.15, -0.1) is 0 Å². The van der Waals surface area contributed by atoms with Crippen molar-refractivity contribution in [2.24, 2.45) is 0 Å². The second kappa shape index (κ2) is 9.21. The molecular formula is C26H23F3N2O3. The van der Waals surface area contributed by atoms with Crippen LogP contribution in [0.4, 0.5) is 24.5 Å². The average Bonchev–Trinajstić information content (AvgIpc) is 2.84. The number of ether oxygens (including phenoxy) is 1. The predicted molar refractivity (Wildman–Crippen MR) is 123 cm³/mol. The van der Waals surface area contributed by atoms with Gasteiger partial charge in [-0.2, -0.15) is 13.2 Å². The zero-order chi connectivity index (χ0) is 24.5. The molecule has 0 saturated heterocycles. The maximum atomic E-state index is 13.6. The van der Waals surface area contributed by atoms with E-state index in [9.17, 15) is 22.8 Å². The van der Waals surface area contributed by atoms with Crippen LogP contribution in [0.25, 0.3) is 0 Å². The molecule has 1 atom stereocenters. The molecule has 0 radical (unpaired) electrons. The summed E-state index contributed by atoms with van der Waals surface area (Å²) in [4.78, 5) is 28.6. The summed E-state index contributed by atoms with van der Waals surface area (Å²) in [7, 11) is 3.10. The Morgan fingerprint density at radius 1 is 0.941 bits per heavy atom. The molecule has 8 heteroatoms.